The first kappa shape index (κ1) is 21.6. The summed E-state index contributed by atoms with van der Waals surface area (Å²) in [7, 11) is 0. The van der Waals surface area contributed by atoms with Gasteiger partial charge < -0.3 is 14.9 Å². The Hall–Kier alpha value is -3.24. The van der Waals surface area contributed by atoms with Crippen molar-refractivity contribution in [1.82, 2.24) is 19.8 Å². The van der Waals surface area contributed by atoms with Gasteiger partial charge in [0.25, 0.3) is 5.91 Å². The molecule has 1 saturated carbocycles. The topological polar surface area (TPSA) is 86.6 Å². The van der Waals surface area contributed by atoms with Crippen LogP contribution < -0.4 is 0 Å². The lowest BCUT2D eigenvalue weighted by molar-refractivity contribution is -0.159. The van der Waals surface area contributed by atoms with E-state index in [-0.39, 0.29) is 48.7 Å². The summed E-state index contributed by atoms with van der Waals surface area (Å²) in [5, 5.41) is 10.00. The number of aliphatic hydroxyl groups excluding tert-OH is 1. The Kier molecular flexibility index (Phi) is 6.10. The first-order chi connectivity index (χ1) is 16.2. The quantitative estimate of drug-likeness (QED) is 0.734. The molecule has 3 heterocycles. The van der Waals surface area contributed by atoms with Crippen LogP contribution in [0, 0.1) is 17.8 Å². The molecule has 0 unspecified atom stereocenters. The number of rotatable bonds is 3. The summed E-state index contributed by atoms with van der Waals surface area (Å²) < 4.78 is 0. The zero-order valence-corrected chi connectivity index (χ0v) is 18.6. The van der Waals surface area contributed by atoms with Gasteiger partial charge in [0, 0.05) is 36.3 Å². The maximum absolute atomic E-state index is 12.9. The van der Waals surface area contributed by atoms with E-state index in [1.54, 1.807) is 4.90 Å². The third kappa shape index (κ3) is 4.23. The van der Waals surface area contributed by atoms with Crippen LogP contribution in [0.1, 0.15) is 59.6 Å². The predicted octanol–water partition coefficient (Wildman–Crippen LogP) is 2.22. The summed E-state index contributed by atoms with van der Waals surface area (Å²) in [6, 6.07) is 7.70. The van der Waals surface area contributed by atoms with Gasteiger partial charge in [-0.05, 0) is 30.5 Å². The van der Waals surface area contributed by atoms with Crippen LogP contribution in [0.4, 0.5) is 0 Å². The van der Waals surface area contributed by atoms with Crippen molar-refractivity contribution in [2.24, 2.45) is 5.92 Å². The highest BCUT2D eigenvalue weighted by Crippen LogP contribution is 2.43. The fourth-order valence-electron chi connectivity index (χ4n) is 5.45. The Morgan fingerprint density at radius 3 is 2.61 bits per heavy atom. The summed E-state index contributed by atoms with van der Waals surface area (Å²) >= 11 is 0. The summed E-state index contributed by atoms with van der Waals surface area (Å²) in [5.41, 5.74) is 2.27. The highest BCUT2D eigenvalue weighted by molar-refractivity contribution is 5.96. The highest BCUT2D eigenvalue weighted by atomic mass is 16.3. The van der Waals surface area contributed by atoms with E-state index >= 15 is 0 Å². The zero-order chi connectivity index (χ0) is 22.8. The van der Waals surface area contributed by atoms with Gasteiger partial charge >= 0.3 is 0 Å². The fourth-order valence-corrected chi connectivity index (χ4v) is 5.45. The van der Waals surface area contributed by atoms with Crippen LogP contribution in [0.25, 0.3) is 0 Å². The van der Waals surface area contributed by atoms with Gasteiger partial charge in [-0.15, -0.1) is 0 Å². The van der Waals surface area contributed by atoms with Crippen LogP contribution in [0.15, 0.2) is 42.9 Å². The van der Waals surface area contributed by atoms with E-state index in [0.717, 1.165) is 11.1 Å². The summed E-state index contributed by atoms with van der Waals surface area (Å²) in [4.78, 5) is 37.0. The first-order valence-corrected chi connectivity index (χ1v) is 11.7. The summed E-state index contributed by atoms with van der Waals surface area (Å²) in [5.74, 6) is 6.77. The van der Waals surface area contributed by atoms with Gasteiger partial charge in [0.15, 0.2) is 0 Å². The Balaban J connectivity index is 1.32. The number of nitrogens with zero attached hydrogens (tertiary/aromatic N) is 4. The molecule has 170 valence electrons. The lowest BCUT2D eigenvalue weighted by Gasteiger charge is -2.58. The third-order valence-corrected chi connectivity index (χ3v) is 7.14. The Labute approximate surface area is 193 Å². The average molecular weight is 445 g/mol. The number of carbonyl (C=O) groups is 2. The maximum Gasteiger partial charge on any atom is 0.274 e. The predicted molar refractivity (Wildman–Crippen MR) is 122 cm³/mol. The molecule has 2 aliphatic heterocycles. The van der Waals surface area contributed by atoms with E-state index in [2.05, 4.69) is 21.8 Å². The van der Waals surface area contributed by atoms with E-state index in [4.69, 9.17) is 0 Å². The van der Waals surface area contributed by atoms with E-state index in [9.17, 15) is 14.7 Å². The van der Waals surface area contributed by atoms with E-state index in [0.29, 0.717) is 12.5 Å². The molecule has 0 spiro atoms. The van der Waals surface area contributed by atoms with Crippen LogP contribution in [0.3, 0.4) is 0 Å². The number of aliphatic hydroxyl groups is 1. The number of aromatic nitrogens is 2. The number of benzene rings is 1. The second kappa shape index (κ2) is 9.32. The molecule has 1 aliphatic carbocycles. The standard InChI is InChI=1S/C26H28N4O3/c31-17-23-25(20-10-8-19(9-11-20)7-6-18-4-2-1-3-5-18)22-15-29(16-24(32)30(22)23)26(33)21-14-27-12-13-28-21/h8-14,18,22-23,25,31H,1-5,15-17H2/t22-,23-,25-/m0/s1. The van der Waals surface area contributed by atoms with Crippen LogP contribution in [0.5, 0.6) is 0 Å². The smallest absolute Gasteiger partial charge is 0.274 e. The highest BCUT2D eigenvalue weighted by Gasteiger charge is 2.54. The minimum absolute atomic E-state index is 0.00911. The number of hydrogen-bond donors (Lipinski definition) is 1. The molecule has 2 amide bonds. The molecule has 3 fully saturated rings. The molecule has 2 aromatic rings. The van der Waals surface area contributed by atoms with Crippen molar-refractivity contribution in [3.05, 3.63) is 59.7 Å². The Bertz CT molecular complexity index is 1070. The Morgan fingerprint density at radius 1 is 1.12 bits per heavy atom. The molecule has 3 atom stereocenters. The average Bonchev–Trinajstić information content (AvgIpc) is 2.85. The summed E-state index contributed by atoms with van der Waals surface area (Å²) in [6.45, 7) is 0.296. The normalized spacial score (nSPS) is 25.0. The van der Waals surface area contributed by atoms with Crippen molar-refractivity contribution >= 4 is 11.8 Å². The number of hydrogen-bond acceptors (Lipinski definition) is 5. The number of carbonyl (C=O) groups excluding carboxylic acids is 2. The van der Waals surface area contributed by atoms with E-state index in [1.165, 1.54) is 55.6 Å². The van der Waals surface area contributed by atoms with Crippen molar-refractivity contribution < 1.29 is 14.7 Å². The lowest BCUT2D eigenvalue weighted by atomic mass is 9.73. The molecule has 2 saturated heterocycles. The van der Waals surface area contributed by atoms with Crippen LogP contribution in [-0.2, 0) is 4.79 Å². The third-order valence-electron chi connectivity index (χ3n) is 7.14. The second-order valence-corrected chi connectivity index (χ2v) is 9.15. The van der Waals surface area contributed by atoms with Crippen molar-refractivity contribution in [3.8, 4) is 11.8 Å². The monoisotopic (exact) mass is 444 g/mol. The summed E-state index contributed by atoms with van der Waals surface area (Å²) in [6.07, 6.45) is 10.7. The number of piperazine rings is 1. The minimum atomic E-state index is -0.296. The van der Waals surface area contributed by atoms with Gasteiger partial charge in [0.05, 0.1) is 24.9 Å². The first-order valence-electron chi connectivity index (χ1n) is 11.7. The lowest BCUT2D eigenvalue weighted by Crippen LogP contribution is -2.73. The molecular formula is C26H28N4O3. The molecule has 5 rings (SSSR count). The molecule has 3 aliphatic rings. The van der Waals surface area contributed by atoms with Crippen LogP contribution >= 0.6 is 0 Å². The SMILES string of the molecule is O=C(c1cnccn1)N1CC(=O)N2[C@@H](CO)[C@@H](c3ccc(C#CC4CCCCC4)cc3)[C@@H]2C1. The fraction of sp³-hybridized carbons (Fsp3) is 0.462. The van der Waals surface area contributed by atoms with Gasteiger partial charge in [-0.25, -0.2) is 4.98 Å². The van der Waals surface area contributed by atoms with E-state index < -0.39 is 0 Å². The molecule has 1 aromatic carbocycles. The van der Waals surface area contributed by atoms with Crippen LogP contribution in [-0.4, -0.2) is 68.5 Å². The molecule has 7 nitrogen and oxygen atoms in total. The van der Waals surface area contributed by atoms with Crippen molar-refractivity contribution in [2.45, 2.75) is 50.1 Å². The van der Waals surface area contributed by atoms with Gasteiger partial charge in [-0.3, -0.25) is 14.6 Å². The largest absolute Gasteiger partial charge is 0.394 e. The minimum Gasteiger partial charge on any atom is -0.394 e. The maximum atomic E-state index is 12.9. The second-order valence-electron chi connectivity index (χ2n) is 9.15. The molecule has 33 heavy (non-hydrogen) atoms. The molecule has 0 bridgehead atoms. The molecule has 1 N–H and O–H groups in total. The molecular weight excluding hydrogens is 416 g/mol. The molecule has 7 heteroatoms. The van der Waals surface area contributed by atoms with Gasteiger partial charge in [0.2, 0.25) is 5.91 Å². The van der Waals surface area contributed by atoms with Gasteiger partial charge in [-0.2, -0.15) is 0 Å². The molecule has 1 aromatic heterocycles. The van der Waals surface area contributed by atoms with Crippen molar-refractivity contribution in [1.29, 1.82) is 0 Å². The van der Waals surface area contributed by atoms with Crippen molar-refractivity contribution in [3.63, 3.8) is 0 Å². The number of amides is 2. The molecule has 0 radical (unpaired) electrons. The zero-order valence-electron chi connectivity index (χ0n) is 18.6. The van der Waals surface area contributed by atoms with Gasteiger partial charge in [-0.1, -0.05) is 43.2 Å². The van der Waals surface area contributed by atoms with E-state index in [1.807, 2.05) is 24.3 Å². The Morgan fingerprint density at radius 2 is 1.91 bits per heavy atom. The van der Waals surface area contributed by atoms with Gasteiger partial charge in [0.1, 0.15) is 12.2 Å². The number of fused-ring (bicyclic) bond motifs is 1. The van der Waals surface area contributed by atoms with Crippen LogP contribution in [0.2, 0.25) is 0 Å². The van der Waals surface area contributed by atoms with Crippen molar-refractivity contribution in [2.75, 3.05) is 19.7 Å².